The minimum absolute atomic E-state index is 0.152. The van der Waals surface area contributed by atoms with Crippen LogP contribution in [0.2, 0.25) is 0 Å². The second kappa shape index (κ2) is 15.4. The van der Waals surface area contributed by atoms with E-state index >= 15 is 4.39 Å². The van der Waals surface area contributed by atoms with Gasteiger partial charge in [-0.05, 0) is 122 Å². The highest BCUT2D eigenvalue weighted by Gasteiger charge is 2.59. The van der Waals surface area contributed by atoms with E-state index in [-0.39, 0.29) is 28.9 Å². The number of aryl methyl sites for hydroxylation is 2. The van der Waals surface area contributed by atoms with Crippen molar-refractivity contribution in [1.29, 1.82) is 0 Å². The van der Waals surface area contributed by atoms with Crippen molar-refractivity contribution in [2.24, 2.45) is 23.2 Å². The number of aliphatic hydroxyl groups excluding tert-OH is 1. The van der Waals surface area contributed by atoms with E-state index in [4.69, 9.17) is 0 Å². The number of aromatic hydroxyl groups is 1. The number of amides is 1. The summed E-state index contributed by atoms with van der Waals surface area (Å²) in [5.74, 6) is 1.25. The first-order chi connectivity index (χ1) is 22.8. The van der Waals surface area contributed by atoms with Gasteiger partial charge in [-0.3, -0.25) is 4.79 Å². The van der Waals surface area contributed by atoms with Crippen LogP contribution >= 0.6 is 0 Å². The van der Waals surface area contributed by atoms with Gasteiger partial charge in [-0.25, -0.2) is 4.39 Å². The second-order valence-corrected chi connectivity index (χ2v) is 15.0. The van der Waals surface area contributed by atoms with Crippen LogP contribution in [0, 0.1) is 23.2 Å². The second-order valence-electron chi connectivity index (χ2n) is 15.0. The van der Waals surface area contributed by atoms with Crippen LogP contribution < -0.4 is 0 Å². The van der Waals surface area contributed by atoms with Gasteiger partial charge in [0.1, 0.15) is 11.9 Å². The molecule has 3 aliphatic rings. The summed E-state index contributed by atoms with van der Waals surface area (Å²) in [5.41, 5.74) is 4.43. The van der Waals surface area contributed by atoms with Crippen molar-refractivity contribution >= 4 is 5.91 Å². The maximum absolute atomic E-state index is 16.1. The van der Waals surface area contributed by atoms with Crippen LogP contribution in [-0.4, -0.2) is 46.4 Å². The molecule has 6 unspecified atom stereocenters. The van der Waals surface area contributed by atoms with Crippen LogP contribution in [0.5, 0.6) is 5.75 Å². The molecule has 5 heteroatoms. The number of nitrogens with zero attached hydrogens (tertiary/aromatic N) is 1. The van der Waals surface area contributed by atoms with Crippen LogP contribution in [0.3, 0.4) is 0 Å². The summed E-state index contributed by atoms with van der Waals surface area (Å²) >= 11 is 0. The van der Waals surface area contributed by atoms with Gasteiger partial charge in [0.25, 0.3) is 0 Å². The number of aliphatic hydroxyl groups is 1. The molecule has 252 valence electrons. The van der Waals surface area contributed by atoms with Crippen molar-refractivity contribution in [1.82, 2.24) is 4.90 Å². The quantitative estimate of drug-likeness (QED) is 0.173. The number of fused-ring (bicyclic) bond motifs is 5. The first-order valence-electron chi connectivity index (χ1n) is 18.3. The third-order valence-corrected chi connectivity index (χ3v) is 12.1. The Hall–Kier alpha value is -3.18. The van der Waals surface area contributed by atoms with Gasteiger partial charge in [-0.2, -0.15) is 0 Å². The molecule has 7 atom stereocenters. The van der Waals surface area contributed by atoms with Crippen LogP contribution in [0.4, 0.5) is 4.39 Å². The highest BCUT2D eigenvalue weighted by molar-refractivity contribution is 5.76. The van der Waals surface area contributed by atoms with E-state index < -0.39 is 12.3 Å². The first-order valence-corrected chi connectivity index (χ1v) is 18.3. The minimum atomic E-state index is -0.975. The SMILES string of the molecule is C[C@]12CC(F)C3c4ccc(O)cc4CC(CCCCCN(CCCc4ccccc4)C(=O)CCCc4ccccc4)C3C1CCC2O. The Bertz CT molecular complexity index is 1450. The highest BCUT2D eigenvalue weighted by atomic mass is 19.1. The van der Waals surface area contributed by atoms with Crippen molar-refractivity contribution in [2.75, 3.05) is 13.1 Å². The third kappa shape index (κ3) is 7.77. The van der Waals surface area contributed by atoms with Crippen LogP contribution in [0.25, 0.3) is 0 Å². The molecule has 1 amide bonds. The molecule has 2 N–H and O–H groups in total. The number of unbranched alkanes of at least 4 members (excludes halogenated alkanes) is 2. The average Bonchev–Trinajstić information content (AvgIpc) is 3.37. The normalized spacial score (nSPS) is 27.9. The molecule has 2 fully saturated rings. The number of benzene rings is 3. The molecular weight excluding hydrogens is 585 g/mol. The fourth-order valence-electron chi connectivity index (χ4n) is 9.65. The van der Waals surface area contributed by atoms with Gasteiger partial charge in [-0.15, -0.1) is 0 Å². The zero-order valence-corrected chi connectivity index (χ0v) is 28.2. The maximum Gasteiger partial charge on any atom is 0.222 e. The highest BCUT2D eigenvalue weighted by Crippen LogP contribution is 2.63. The molecule has 3 aromatic rings. The number of hydrogen-bond acceptors (Lipinski definition) is 3. The topological polar surface area (TPSA) is 60.8 Å². The van der Waals surface area contributed by atoms with Gasteiger partial charge < -0.3 is 15.1 Å². The van der Waals surface area contributed by atoms with Crippen molar-refractivity contribution in [3.8, 4) is 5.75 Å². The van der Waals surface area contributed by atoms with E-state index in [9.17, 15) is 15.0 Å². The summed E-state index contributed by atoms with van der Waals surface area (Å²) in [6.45, 7) is 3.70. The van der Waals surface area contributed by atoms with Crippen LogP contribution in [0.15, 0.2) is 78.9 Å². The predicted molar refractivity (Wildman–Crippen MR) is 187 cm³/mol. The van der Waals surface area contributed by atoms with Crippen molar-refractivity contribution in [2.45, 2.75) is 109 Å². The smallest absolute Gasteiger partial charge is 0.222 e. The Morgan fingerprint density at radius 1 is 0.872 bits per heavy atom. The summed E-state index contributed by atoms with van der Waals surface area (Å²) in [7, 11) is 0. The standard InChI is InChI=1S/C42H54FNO3/c1-42-29-37(43)41-35-22-21-34(45)28-33(35)27-32(40(41)36(42)23-24-38(42)46)19-9-4-10-25-44(26-12-18-31-15-7-3-8-16-31)39(47)20-11-17-30-13-5-2-6-14-30/h2-3,5-8,13-16,21-22,28,32,36-38,40-41,45-46H,4,9-12,17-20,23-27,29H2,1H3/t32?,36?,37?,38?,40?,41?,42-/m0/s1. The lowest BCUT2D eigenvalue weighted by molar-refractivity contribution is -0.131. The molecule has 0 bridgehead atoms. The molecule has 3 aliphatic carbocycles. The molecular formula is C42H54FNO3. The number of alkyl halides is 1. The first kappa shape index (κ1) is 33.7. The lowest BCUT2D eigenvalue weighted by Crippen LogP contribution is -2.51. The summed E-state index contributed by atoms with van der Waals surface area (Å²) in [6, 6.07) is 26.5. The Morgan fingerprint density at radius 2 is 1.55 bits per heavy atom. The van der Waals surface area contributed by atoms with Gasteiger partial charge in [-0.1, -0.05) is 86.5 Å². The summed E-state index contributed by atoms with van der Waals surface area (Å²) in [4.78, 5) is 15.5. The van der Waals surface area contributed by atoms with E-state index in [1.165, 1.54) is 11.1 Å². The molecule has 6 rings (SSSR count). The van der Waals surface area contributed by atoms with Gasteiger partial charge in [0.05, 0.1) is 6.10 Å². The predicted octanol–water partition coefficient (Wildman–Crippen LogP) is 8.83. The average molecular weight is 640 g/mol. The van der Waals surface area contributed by atoms with Gasteiger partial charge in [0, 0.05) is 25.4 Å². The molecule has 0 aliphatic heterocycles. The number of phenols is 1. The molecule has 2 saturated carbocycles. The lowest BCUT2D eigenvalue weighted by Gasteiger charge is -2.54. The zero-order chi connectivity index (χ0) is 32.8. The molecule has 0 radical (unpaired) electrons. The largest absolute Gasteiger partial charge is 0.508 e. The fourth-order valence-corrected chi connectivity index (χ4v) is 9.65. The summed E-state index contributed by atoms with van der Waals surface area (Å²) < 4.78 is 16.1. The Labute approximate surface area is 281 Å². The molecule has 0 aromatic heterocycles. The zero-order valence-electron chi connectivity index (χ0n) is 28.2. The molecule has 0 heterocycles. The number of rotatable bonds is 14. The Kier molecular flexibility index (Phi) is 11.0. The number of halogens is 1. The number of carbonyl (C=O) groups is 1. The summed E-state index contributed by atoms with van der Waals surface area (Å²) in [5, 5.41) is 21.2. The Morgan fingerprint density at radius 3 is 2.28 bits per heavy atom. The fraction of sp³-hybridized carbons (Fsp3) is 0.548. The van der Waals surface area contributed by atoms with Gasteiger partial charge in [0.15, 0.2) is 0 Å². The Balaban J connectivity index is 1.06. The molecule has 47 heavy (non-hydrogen) atoms. The van der Waals surface area contributed by atoms with Crippen molar-refractivity contribution in [3.63, 3.8) is 0 Å². The van der Waals surface area contributed by atoms with Gasteiger partial charge >= 0.3 is 0 Å². The van der Waals surface area contributed by atoms with Gasteiger partial charge in [0.2, 0.25) is 5.91 Å². The van der Waals surface area contributed by atoms with E-state index in [0.717, 1.165) is 94.8 Å². The number of phenolic OH excluding ortho intramolecular Hbond substituents is 1. The monoisotopic (exact) mass is 639 g/mol. The lowest BCUT2D eigenvalue weighted by atomic mass is 9.51. The molecule has 0 saturated heterocycles. The summed E-state index contributed by atoms with van der Waals surface area (Å²) in [6.07, 6.45) is 10.0. The van der Waals surface area contributed by atoms with E-state index in [1.807, 2.05) is 24.3 Å². The van der Waals surface area contributed by atoms with E-state index in [2.05, 4.69) is 60.4 Å². The third-order valence-electron chi connectivity index (χ3n) is 12.1. The van der Waals surface area contributed by atoms with Crippen molar-refractivity contribution in [3.05, 3.63) is 101 Å². The number of hydrogen-bond donors (Lipinski definition) is 2. The van der Waals surface area contributed by atoms with Crippen LogP contribution in [-0.2, 0) is 24.1 Å². The molecule has 4 nitrogen and oxygen atoms in total. The van der Waals surface area contributed by atoms with E-state index in [0.29, 0.717) is 24.7 Å². The maximum atomic E-state index is 16.1. The number of carbonyl (C=O) groups excluding carboxylic acids is 1. The van der Waals surface area contributed by atoms with Crippen LogP contribution in [0.1, 0.15) is 99.3 Å². The minimum Gasteiger partial charge on any atom is -0.508 e. The van der Waals surface area contributed by atoms with E-state index in [1.54, 1.807) is 6.07 Å². The van der Waals surface area contributed by atoms with Crippen molar-refractivity contribution < 1.29 is 19.4 Å². The molecule has 3 aromatic carbocycles. The molecule has 0 spiro atoms.